The zero-order valence-electron chi connectivity index (χ0n) is 9.32. The average molecular weight is 236 g/mol. The summed E-state index contributed by atoms with van der Waals surface area (Å²) in [6.07, 6.45) is 2.75. The minimum atomic E-state index is -3.48. The first kappa shape index (κ1) is 14.4. The second-order valence-corrected chi connectivity index (χ2v) is 5.38. The predicted octanol–water partition coefficient (Wildman–Crippen LogP) is 0.360. The Balaban J connectivity index is 4.12. The summed E-state index contributed by atoms with van der Waals surface area (Å²) < 4.78 is 24.4. The largest absolute Gasteiger partial charge is 0.320 e. The van der Waals surface area contributed by atoms with Crippen LogP contribution in [0.25, 0.3) is 0 Å². The van der Waals surface area contributed by atoms with E-state index in [2.05, 4.69) is 0 Å². The van der Waals surface area contributed by atoms with Gasteiger partial charge in [-0.1, -0.05) is 26.7 Å². The van der Waals surface area contributed by atoms with E-state index in [4.69, 9.17) is 5.73 Å². The molecule has 0 aromatic carbocycles. The van der Waals surface area contributed by atoms with Crippen LogP contribution in [0.1, 0.15) is 39.5 Å². The Labute approximate surface area is 91.5 Å². The van der Waals surface area contributed by atoms with Crippen LogP contribution in [0.5, 0.6) is 0 Å². The van der Waals surface area contributed by atoms with Crippen molar-refractivity contribution in [3.63, 3.8) is 0 Å². The summed E-state index contributed by atoms with van der Waals surface area (Å²) in [5, 5.41) is 0. The summed E-state index contributed by atoms with van der Waals surface area (Å²) in [7, 11) is -3.48. The third kappa shape index (κ3) is 6.46. The first-order chi connectivity index (χ1) is 6.93. The lowest BCUT2D eigenvalue weighted by Crippen LogP contribution is -2.44. The maximum atomic E-state index is 11.3. The molecule has 0 spiro atoms. The number of carbonyl (C=O) groups excluding carboxylic acids is 1. The Morgan fingerprint density at radius 1 is 1.33 bits per heavy atom. The number of rotatable bonds is 7. The van der Waals surface area contributed by atoms with Gasteiger partial charge < -0.3 is 5.73 Å². The molecule has 0 aliphatic rings. The number of hydrogen-bond acceptors (Lipinski definition) is 4. The van der Waals surface area contributed by atoms with Gasteiger partial charge in [0.05, 0.1) is 11.8 Å². The molecule has 0 radical (unpaired) electrons. The minimum absolute atomic E-state index is 0.0424. The summed E-state index contributed by atoms with van der Waals surface area (Å²) in [4.78, 5) is 11.3. The van der Waals surface area contributed by atoms with E-state index in [1.807, 2.05) is 11.6 Å². The van der Waals surface area contributed by atoms with E-state index in [0.717, 1.165) is 12.8 Å². The van der Waals surface area contributed by atoms with E-state index in [1.165, 1.54) is 0 Å². The van der Waals surface area contributed by atoms with E-state index in [9.17, 15) is 13.2 Å². The van der Waals surface area contributed by atoms with Gasteiger partial charge in [-0.25, -0.2) is 8.42 Å². The van der Waals surface area contributed by atoms with E-state index >= 15 is 0 Å². The van der Waals surface area contributed by atoms with E-state index in [-0.39, 0.29) is 5.75 Å². The number of sulfonamides is 1. The second-order valence-electron chi connectivity index (χ2n) is 3.53. The SMILES string of the molecule is CCCC[C@H](N)C(=O)NS(=O)(=O)CCC. The summed E-state index contributed by atoms with van der Waals surface area (Å²) >= 11 is 0. The maximum Gasteiger partial charge on any atom is 0.250 e. The quantitative estimate of drug-likeness (QED) is 0.668. The zero-order chi connectivity index (χ0) is 11.9. The zero-order valence-corrected chi connectivity index (χ0v) is 10.1. The van der Waals surface area contributed by atoms with Crippen LogP contribution in [0.3, 0.4) is 0 Å². The van der Waals surface area contributed by atoms with Gasteiger partial charge in [0.2, 0.25) is 15.9 Å². The van der Waals surface area contributed by atoms with E-state index in [1.54, 1.807) is 6.92 Å². The van der Waals surface area contributed by atoms with Gasteiger partial charge in [0.1, 0.15) is 0 Å². The molecule has 6 heteroatoms. The van der Waals surface area contributed by atoms with Crippen LogP contribution in [0, 0.1) is 0 Å². The van der Waals surface area contributed by atoms with Gasteiger partial charge in [-0.05, 0) is 12.8 Å². The third-order valence-corrected chi connectivity index (χ3v) is 3.39. The molecular weight excluding hydrogens is 216 g/mol. The van der Waals surface area contributed by atoms with Crippen molar-refractivity contribution in [2.75, 3.05) is 5.75 Å². The number of nitrogens with one attached hydrogen (secondary N) is 1. The fourth-order valence-electron chi connectivity index (χ4n) is 1.10. The lowest BCUT2D eigenvalue weighted by molar-refractivity contribution is -0.120. The Bertz CT molecular complexity index is 288. The van der Waals surface area contributed by atoms with Crippen molar-refractivity contribution in [1.82, 2.24) is 4.72 Å². The Hall–Kier alpha value is -0.620. The molecule has 1 atom stereocenters. The van der Waals surface area contributed by atoms with Crippen molar-refractivity contribution in [2.45, 2.75) is 45.6 Å². The van der Waals surface area contributed by atoms with Crippen LogP contribution in [0.4, 0.5) is 0 Å². The fourth-order valence-corrected chi connectivity index (χ4v) is 2.20. The molecule has 0 aromatic heterocycles. The topological polar surface area (TPSA) is 89.3 Å². The van der Waals surface area contributed by atoms with Gasteiger partial charge in [0, 0.05) is 0 Å². The normalized spacial score (nSPS) is 13.5. The summed E-state index contributed by atoms with van der Waals surface area (Å²) in [5.41, 5.74) is 5.53. The van der Waals surface area contributed by atoms with Crippen molar-refractivity contribution in [3.05, 3.63) is 0 Å². The van der Waals surface area contributed by atoms with Crippen LogP contribution in [0.2, 0.25) is 0 Å². The molecule has 15 heavy (non-hydrogen) atoms. The van der Waals surface area contributed by atoms with E-state index < -0.39 is 22.0 Å². The highest BCUT2D eigenvalue weighted by molar-refractivity contribution is 7.90. The van der Waals surface area contributed by atoms with E-state index in [0.29, 0.717) is 12.8 Å². The van der Waals surface area contributed by atoms with Crippen LogP contribution in [-0.4, -0.2) is 26.1 Å². The van der Waals surface area contributed by atoms with Crippen LogP contribution >= 0.6 is 0 Å². The first-order valence-corrected chi connectivity index (χ1v) is 6.88. The molecule has 0 aliphatic carbocycles. The van der Waals surface area contributed by atoms with Gasteiger partial charge >= 0.3 is 0 Å². The molecule has 0 fully saturated rings. The Morgan fingerprint density at radius 3 is 2.40 bits per heavy atom. The molecule has 90 valence electrons. The molecule has 1 amide bonds. The number of unbranched alkanes of at least 4 members (excludes halogenated alkanes) is 1. The van der Waals surface area contributed by atoms with Crippen molar-refractivity contribution < 1.29 is 13.2 Å². The standard InChI is InChI=1S/C9H20N2O3S/c1-3-5-6-8(10)9(12)11-15(13,14)7-4-2/h8H,3-7,10H2,1-2H3,(H,11,12)/t8-/m0/s1. The second kappa shape index (κ2) is 6.79. The van der Waals surface area contributed by atoms with Crippen molar-refractivity contribution in [2.24, 2.45) is 5.73 Å². The van der Waals surface area contributed by atoms with Crippen molar-refractivity contribution in [3.8, 4) is 0 Å². The van der Waals surface area contributed by atoms with Crippen LogP contribution < -0.4 is 10.5 Å². The number of carbonyl (C=O) groups is 1. The molecule has 0 saturated heterocycles. The molecule has 0 rings (SSSR count). The molecule has 0 bridgehead atoms. The molecule has 0 aliphatic heterocycles. The predicted molar refractivity (Wildman–Crippen MR) is 59.7 cm³/mol. The van der Waals surface area contributed by atoms with Crippen LogP contribution in [-0.2, 0) is 14.8 Å². The first-order valence-electron chi connectivity index (χ1n) is 5.22. The Kier molecular flexibility index (Phi) is 6.51. The van der Waals surface area contributed by atoms with Gasteiger partial charge in [-0.2, -0.15) is 0 Å². The smallest absolute Gasteiger partial charge is 0.250 e. The van der Waals surface area contributed by atoms with Gasteiger partial charge in [-0.3, -0.25) is 9.52 Å². The summed E-state index contributed by atoms with van der Waals surface area (Å²) in [6.45, 7) is 3.72. The molecule has 0 heterocycles. The lowest BCUT2D eigenvalue weighted by atomic mass is 10.1. The molecule has 0 aromatic rings. The van der Waals surface area contributed by atoms with Gasteiger partial charge in [0.25, 0.3) is 0 Å². The highest BCUT2D eigenvalue weighted by Gasteiger charge is 2.18. The maximum absolute atomic E-state index is 11.3. The van der Waals surface area contributed by atoms with Crippen molar-refractivity contribution in [1.29, 1.82) is 0 Å². The fraction of sp³-hybridized carbons (Fsp3) is 0.889. The molecule has 0 unspecified atom stereocenters. The van der Waals surface area contributed by atoms with Crippen LogP contribution in [0.15, 0.2) is 0 Å². The van der Waals surface area contributed by atoms with Crippen molar-refractivity contribution >= 4 is 15.9 Å². The number of nitrogens with two attached hydrogens (primary N) is 1. The molecule has 5 nitrogen and oxygen atoms in total. The molecule has 3 N–H and O–H groups in total. The summed E-state index contributed by atoms with van der Waals surface area (Å²) in [6, 6.07) is -0.725. The van der Waals surface area contributed by atoms with Gasteiger partial charge in [0.15, 0.2) is 0 Å². The molecular formula is C9H20N2O3S. The Morgan fingerprint density at radius 2 is 1.93 bits per heavy atom. The molecule has 0 saturated carbocycles. The summed E-state index contributed by atoms with van der Waals surface area (Å²) in [5.74, 6) is -0.643. The average Bonchev–Trinajstić information content (AvgIpc) is 2.13. The highest BCUT2D eigenvalue weighted by Crippen LogP contribution is 1.99. The third-order valence-electron chi connectivity index (χ3n) is 1.93. The highest BCUT2D eigenvalue weighted by atomic mass is 32.2. The van der Waals surface area contributed by atoms with Gasteiger partial charge in [-0.15, -0.1) is 0 Å². The number of amides is 1. The number of hydrogen-bond donors (Lipinski definition) is 2. The lowest BCUT2D eigenvalue weighted by Gasteiger charge is -2.11. The minimum Gasteiger partial charge on any atom is -0.320 e. The monoisotopic (exact) mass is 236 g/mol.